The minimum absolute atomic E-state index is 0.199. The summed E-state index contributed by atoms with van der Waals surface area (Å²) >= 11 is 0. The summed E-state index contributed by atoms with van der Waals surface area (Å²) in [5.74, 6) is 1.34. The third-order valence-electron chi connectivity index (χ3n) is 3.59. The number of ether oxygens (including phenoxy) is 1. The van der Waals surface area contributed by atoms with Gasteiger partial charge in [0.15, 0.2) is 0 Å². The van der Waals surface area contributed by atoms with Crippen LogP contribution in [0.25, 0.3) is 0 Å². The molecule has 1 saturated carbocycles. The third-order valence-corrected chi connectivity index (χ3v) is 4.37. The first-order valence-corrected chi connectivity index (χ1v) is 8.21. The van der Waals surface area contributed by atoms with Crippen molar-refractivity contribution in [3.05, 3.63) is 0 Å². The predicted molar refractivity (Wildman–Crippen MR) is 73.7 cm³/mol. The van der Waals surface area contributed by atoms with Crippen LogP contribution in [0.2, 0.25) is 0 Å². The summed E-state index contributed by atoms with van der Waals surface area (Å²) in [4.78, 5) is 0. The Bertz CT molecular complexity index is 266. The molecule has 0 aliphatic heterocycles. The summed E-state index contributed by atoms with van der Waals surface area (Å²) in [5.41, 5.74) is 0.199. The van der Waals surface area contributed by atoms with E-state index in [2.05, 4.69) is 33.0 Å². The maximum absolute atomic E-state index is 11.0. The second-order valence-corrected chi connectivity index (χ2v) is 7.61. The van der Waals surface area contributed by atoms with Crippen LogP contribution in [0.15, 0.2) is 0 Å². The molecule has 0 aromatic carbocycles. The molecule has 1 N–H and O–H groups in total. The van der Waals surface area contributed by atoms with E-state index < -0.39 is 10.8 Å². The van der Waals surface area contributed by atoms with Gasteiger partial charge in [0, 0.05) is 47.4 Å². The van der Waals surface area contributed by atoms with Crippen molar-refractivity contribution in [1.82, 2.24) is 5.32 Å². The van der Waals surface area contributed by atoms with E-state index in [1.165, 1.54) is 0 Å². The van der Waals surface area contributed by atoms with Gasteiger partial charge in [0.25, 0.3) is 0 Å². The summed E-state index contributed by atoms with van der Waals surface area (Å²) < 4.78 is 16.9. The quantitative estimate of drug-likeness (QED) is 0.759. The highest BCUT2D eigenvalue weighted by Crippen LogP contribution is 2.42. The van der Waals surface area contributed by atoms with Gasteiger partial charge in [-0.2, -0.15) is 0 Å². The molecule has 3 nitrogen and oxygen atoms in total. The molecule has 0 saturated heterocycles. The van der Waals surface area contributed by atoms with Gasteiger partial charge in [0.05, 0.1) is 6.10 Å². The molecule has 0 amide bonds. The average molecular weight is 261 g/mol. The highest BCUT2D eigenvalue weighted by molar-refractivity contribution is 7.84. The first-order valence-electron chi connectivity index (χ1n) is 6.49. The summed E-state index contributed by atoms with van der Waals surface area (Å²) in [5, 5.41) is 3.49. The number of hydrogen-bond donors (Lipinski definition) is 1. The van der Waals surface area contributed by atoms with Crippen molar-refractivity contribution in [2.45, 2.75) is 46.3 Å². The molecule has 1 aliphatic rings. The van der Waals surface area contributed by atoms with Gasteiger partial charge in [0.2, 0.25) is 0 Å². The van der Waals surface area contributed by atoms with Crippen LogP contribution in [0, 0.1) is 11.3 Å². The lowest BCUT2D eigenvalue weighted by Gasteiger charge is -2.52. The zero-order valence-electron chi connectivity index (χ0n) is 11.8. The Morgan fingerprint density at radius 2 is 2.12 bits per heavy atom. The SMILES string of the molecule is CC(C)COC1CC(NCCS(C)=O)C1(C)C. The van der Waals surface area contributed by atoms with Crippen molar-refractivity contribution in [2.75, 3.05) is 25.2 Å². The number of hydrogen-bond acceptors (Lipinski definition) is 3. The Labute approximate surface area is 108 Å². The van der Waals surface area contributed by atoms with Gasteiger partial charge in [-0.05, 0) is 12.3 Å². The van der Waals surface area contributed by atoms with E-state index in [0.29, 0.717) is 18.1 Å². The molecule has 17 heavy (non-hydrogen) atoms. The molecule has 0 radical (unpaired) electrons. The van der Waals surface area contributed by atoms with E-state index in [4.69, 9.17) is 4.74 Å². The number of rotatable bonds is 7. The molecule has 1 fully saturated rings. The van der Waals surface area contributed by atoms with Crippen molar-refractivity contribution < 1.29 is 8.95 Å². The molecule has 1 rings (SSSR count). The van der Waals surface area contributed by atoms with E-state index in [1.807, 2.05) is 0 Å². The second kappa shape index (κ2) is 6.30. The minimum Gasteiger partial charge on any atom is -0.377 e. The summed E-state index contributed by atoms with van der Waals surface area (Å²) in [6.45, 7) is 10.5. The second-order valence-electron chi connectivity index (χ2n) is 6.06. The molecule has 0 aromatic rings. The molecule has 1 aliphatic carbocycles. The van der Waals surface area contributed by atoms with Crippen LogP contribution < -0.4 is 5.32 Å². The van der Waals surface area contributed by atoms with Gasteiger partial charge in [-0.25, -0.2) is 0 Å². The fourth-order valence-electron chi connectivity index (χ4n) is 2.20. The Morgan fingerprint density at radius 1 is 1.47 bits per heavy atom. The summed E-state index contributed by atoms with van der Waals surface area (Å²) in [6, 6.07) is 0.503. The topological polar surface area (TPSA) is 38.3 Å². The Balaban J connectivity index is 2.26. The normalized spacial score (nSPS) is 29.1. The van der Waals surface area contributed by atoms with Crippen LogP contribution in [-0.2, 0) is 15.5 Å². The highest BCUT2D eigenvalue weighted by atomic mass is 32.2. The van der Waals surface area contributed by atoms with E-state index in [-0.39, 0.29) is 5.41 Å². The van der Waals surface area contributed by atoms with Crippen molar-refractivity contribution in [3.63, 3.8) is 0 Å². The highest BCUT2D eigenvalue weighted by Gasteiger charge is 2.48. The fraction of sp³-hybridized carbons (Fsp3) is 1.00. The smallest absolute Gasteiger partial charge is 0.0656 e. The lowest BCUT2D eigenvalue weighted by molar-refractivity contribution is -0.123. The zero-order chi connectivity index (χ0) is 13.1. The maximum atomic E-state index is 11.0. The van der Waals surface area contributed by atoms with E-state index in [9.17, 15) is 4.21 Å². The first-order chi connectivity index (χ1) is 7.84. The zero-order valence-corrected chi connectivity index (χ0v) is 12.6. The van der Waals surface area contributed by atoms with Gasteiger partial charge in [0.1, 0.15) is 0 Å². The molecule has 4 heteroatoms. The molecular formula is C13H27NO2S. The lowest BCUT2D eigenvalue weighted by atomic mass is 9.64. The molecule has 102 valence electrons. The van der Waals surface area contributed by atoms with Gasteiger partial charge in [-0.3, -0.25) is 4.21 Å². The Hall–Kier alpha value is 0.0700. The molecule has 0 bridgehead atoms. The van der Waals surface area contributed by atoms with Crippen molar-refractivity contribution >= 4 is 10.8 Å². The van der Waals surface area contributed by atoms with E-state index in [1.54, 1.807) is 6.26 Å². The molecule has 0 spiro atoms. The van der Waals surface area contributed by atoms with Crippen LogP contribution in [0.5, 0.6) is 0 Å². The van der Waals surface area contributed by atoms with E-state index >= 15 is 0 Å². The predicted octanol–water partition coefficient (Wildman–Crippen LogP) is 1.79. The Morgan fingerprint density at radius 3 is 2.59 bits per heavy atom. The van der Waals surface area contributed by atoms with Crippen molar-refractivity contribution in [3.8, 4) is 0 Å². The van der Waals surface area contributed by atoms with Gasteiger partial charge in [-0.1, -0.05) is 27.7 Å². The lowest BCUT2D eigenvalue weighted by Crippen LogP contribution is -2.61. The maximum Gasteiger partial charge on any atom is 0.0656 e. The van der Waals surface area contributed by atoms with Gasteiger partial charge in [-0.15, -0.1) is 0 Å². The largest absolute Gasteiger partial charge is 0.377 e. The van der Waals surface area contributed by atoms with E-state index in [0.717, 1.165) is 25.3 Å². The summed E-state index contributed by atoms with van der Waals surface area (Å²) in [7, 11) is -0.697. The van der Waals surface area contributed by atoms with Crippen molar-refractivity contribution in [1.29, 1.82) is 0 Å². The number of nitrogens with one attached hydrogen (secondary N) is 1. The van der Waals surface area contributed by atoms with Gasteiger partial charge < -0.3 is 10.1 Å². The van der Waals surface area contributed by atoms with Gasteiger partial charge >= 0.3 is 0 Å². The molecule has 0 aromatic heterocycles. The minimum atomic E-state index is -0.697. The van der Waals surface area contributed by atoms with Crippen LogP contribution >= 0.6 is 0 Å². The molecule has 3 atom stereocenters. The summed E-state index contributed by atoms with van der Waals surface area (Å²) in [6.07, 6.45) is 3.20. The molecular weight excluding hydrogens is 234 g/mol. The Kier molecular flexibility index (Phi) is 5.61. The monoisotopic (exact) mass is 261 g/mol. The van der Waals surface area contributed by atoms with Crippen molar-refractivity contribution in [2.24, 2.45) is 11.3 Å². The van der Waals surface area contributed by atoms with Crippen LogP contribution in [0.4, 0.5) is 0 Å². The molecule has 0 heterocycles. The fourth-order valence-corrected chi connectivity index (χ4v) is 2.61. The molecule has 3 unspecified atom stereocenters. The van der Waals surface area contributed by atoms with Crippen LogP contribution in [0.1, 0.15) is 34.1 Å². The first kappa shape index (κ1) is 15.1. The standard InChI is InChI=1S/C13H27NO2S/c1-10(2)9-16-12-8-11(13(12,3)4)14-6-7-17(5)15/h10-12,14H,6-9H2,1-5H3. The average Bonchev–Trinajstić information content (AvgIpc) is 2.20. The van der Waals surface area contributed by atoms with Crippen LogP contribution in [-0.4, -0.2) is 41.5 Å². The van der Waals surface area contributed by atoms with Crippen LogP contribution in [0.3, 0.4) is 0 Å². The third kappa shape index (κ3) is 4.34.